The van der Waals surface area contributed by atoms with Crippen LogP contribution in [-0.4, -0.2) is 8.97 Å². The molecule has 3 heteroatoms. The van der Waals surface area contributed by atoms with E-state index in [4.69, 9.17) is 4.42 Å². The first-order valence-corrected chi connectivity index (χ1v) is 18.3. The van der Waals surface area contributed by atoms with Gasteiger partial charge in [-0.2, -0.15) is 0 Å². The summed E-state index contributed by atoms with van der Waals surface area (Å²) >= 11 is 0. The highest BCUT2D eigenvalue weighted by atomic mass is 16.3. The van der Waals surface area contributed by atoms with Gasteiger partial charge in [0.1, 0.15) is 11.2 Å². The zero-order valence-corrected chi connectivity index (χ0v) is 28.5. The number of furan rings is 1. The van der Waals surface area contributed by atoms with Crippen LogP contribution in [0.2, 0.25) is 0 Å². The maximum absolute atomic E-state index is 6.46. The van der Waals surface area contributed by atoms with Gasteiger partial charge in [-0.25, -0.2) is 0 Å². The molecule has 4 aromatic heterocycles. The molecule has 0 radical (unpaired) electrons. The third kappa shape index (κ3) is 3.40. The van der Waals surface area contributed by atoms with Gasteiger partial charge in [0.25, 0.3) is 0 Å². The van der Waals surface area contributed by atoms with E-state index in [1.807, 2.05) is 6.07 Å². The Kier molecular flexibility index (Phi) is 5.11. The van der Waals surface area contributed by atoms with Crippen molar-refractivity contribution >= 4 is 103 Å². The quantitative estimate of drug-likeness (QED) is 0.179. The third-order valence-corrected chi connectivity index (χ3v) is 11.8. The fourth-order valence-electron chi connectivity index (χ4n) is 9.69. The molecule has 0 aliphatic rings. The highest BCUT2D eigenvalue weighted by molar-refractivity contribution is 6.41. The third-order valence-electron chi connectivity index (χ3n) is 11.8. The molecule has 0 atom stereocenters. The van der Waals surface area contributed by atoms with Crippen molar-refractivity contribution in [2.24, 2.45) is 0 Å². The molecule has 0 amide bonds. The zero-order chi connectivity index (χ0) is 34.4. The van der Waals surface area contributed by atoms with Crippen molar-refractivity contribution in [2.45, 2.75) is 0 Å². The molecule has 0 fully saturated rings. The summed E-state index contributed by atoms with van der Waals surface area (Å²) in [6, 6.07) is 62.1. The lowest BCUT2D eigenvalue weighted by Gasteiger charge is -2.12. The van der Waals surface area contributed by atoms with Crippen molar-refractivity contribution in [1.82, 2.24) is 8.97 Å². The van der Waals surface area contributed by atoms with Gasteiger partial charge in [0.05, 0.1) is 27.6 Å². The number of fused-ring (bicyclic) bond motifs is 18. The number of hydrogen-bond acceptors (Lipinski definition) is 1. The molecule has 13 aromatic rings. The van der Waals surface area contributed by atoms with E-state index >= 15 is 0 Å². The predicted octanol–water partition coefficient (Wildman–Crippen LogP) is 13.8. The Morgan fingerprint density at radius 1 is 0.358 bits per heavy atom. The molecule has 244 valence electrons. The van der Waals surface area contributed by atoms with Gasteiger partial charge in [-0.1, -0.05) is 140 Å². The molecule has 0 unspecified atom stereocenters. The molecule has 9 aromatic carbocycles. The van der Waals surface area contributed by atoms with Crippen molar-refractivity contribution in [2.75, 3.05) is 0 Å². The van der Waals surface area contributed by atoms with Crippen LogP contribution in [0.3, 0.4) is 0 Å². The Labute approximate surface area is 302 Å². The number of rotatable bonds is 2. The van der Waals surface area contributed by atoms with E-state index in [1.54, 1.807) is 0 Å². The van der Waals surface area contributed by atoms with Gasteiger partial charge in [-0.3, -0.25) is 0 Å². The normalized spacial score (nSPS) is 12.5. The number of hydrogen-bond donors (Lipinski definition) is 0. The van der Waals surface area contributed by atoms with Crippen molar-refractivity contribution in [3.8, 4) is 16.8 Å². The van der Waals surface area contributed by atoms with Crippen LogP contribution in [0.4, 0.5) is 0 Å². The molecule has 53 heavy (non-hydrogen) atoms. The first-order valence-electron chi connectivity index (χ1n) is 18.3. The molecule has 0 aliphatic carbocycles. The molecule has 3 nitrogen and oxygen atoms in total. The van der Waals surface area contributed by atoms with Gasteiger partial charge in [-0.15, -0.1) is 0 Å². The summed E-state index contributed by atoms with van der Waals surface area (Å²) in [5.74, 6) is 0. The van der Waals surface area contributed by atoms with E-state index in [0.29, 0.717) is 0 Å². The lowest BCUT2D eigenvalue weighted by atomic mass is 9.96. The molecule has 0 aliphatic heterocycles. The van der Waals surface area contributed by atoms with Crippen molar-refractivity contribution in [3.05, 3.63) is 170 Å². The monoisotopic (exact) mass is 672 g/mol. The summed E-state index contributed by atoms with van der Waals surface area (Å²) in [5, 5.41) is 15.1. The molecular weight excluding hydrogens is 645 g/mol. The molecule has 0 saturated heterocycles. The fourth-order valence-corrected chi connectivity index (χ4v) is 9.69. The van der Waals surface area contributed by atoms with E-state index < -0.39 is 0 Å². The second kappa shape index (κ2) is 9.81. The fraction of sp³-hybridized carbons (Fsp3) is 0. The number of aromatic nitrogens is 2. The molecule has 0 saturated carbocycles. The Morgan fingerprint density at radius 3 is 1.91 bits per heavy atom. The zero-order valence-electron chi connectivity index (χ0n) is 28.5. The Morgan fingerprint density at radius 2 is 1.02 bits per heavy atom. The van der Waals surface area contributed by atoms with E-state index in [0.717, 1.165) is 38.8 Å². The van der Waals surface area contributed by atoms with Gasteiger partial charge < -0.3 is 13.4 Å². The minimum Gasteiger partial charge on any atom is -0.455 e. The molecule has 13 rings (SSSR count). The first kappa shape index (κ1) is 27.6. The van der Waals surface area contributed by atoms with Gasteiger partial charge in [0.2, 0.25) is 0 Å². The van der Waals surface area contributed by atoms with Crippen molar-refractivity contribution < 1.29 is 4.42 Å². The van der Waals surface area contributed by atoms with Gasteiger partial charge in [0.15, 0.2) is 0 Å². The second-order valence-corrected chi connectivity index (χ2v) is 14.4. The summed E-state index contributed by atoms with van der Waals surface area (Å²) in [7, 11) is 0. The van der Waals surface area contributed by atoms with E-state index in [-0.39, 0.29) is 0 Å². The summed E-state index contributed by atoms with van der Waals surface area (Å²) in [4.78, 5) is 0. The molecule has 0 bridgehead atoms. The van der Waals surface area contributed by atoms with Crippen molar-refractivity contribution in [1.29, 1.82) is 0 Å². The number of nitrogens with zero attached hydrogens (tertiary/aromatic N) is 2. The molecular formula is C50H28N2O. The summed E-state index contributed by atoms with van der Waals surface area (Å²) in [5.41, 5.74) is 11.5. The van der Waals surface area contributed by atoms with E-state index in [9.17, 15) is 0 Å². The smallest absolute Gasteiger partial charge is 0.143 e. The average Bonchev–Trinajstić information content (AvgIpc) is 3.97. The molecule has 4 heterocycles. The van der Waals surface area contributed by atoms with Crippen LogP contribution in [0.1, 0.15) is 0 Å². The van der Waals surface area contributed by atoms with Crippen molar-refractivity contribution in [3.63, 3.8) is 0 Å². The van der Waals surface area contributed by atoms with Gasteiger partial charge in [-0.05, 0) is 52.1 Å². The molecule has 0 N–H and O–H groups in total. The van der Waals surface area contributed by atoms with Crippen LogP contribution in [0.15, 0.2) is 174 Å². The van der Waals surface area contributed by atoms with Crippen LogP contribution in [0.5, 0.6) is 0 Å². The standard InChI is InChI=1S/C50H28N2O/c1-2-12-32-29(11-1)25-28-42-44(32)45-36-15-3-4-16-38(36)48-46(40-20-10-18-37-34-13-5-7-21-41(34)52(48)47(37)40)49(45)51(42)31-26-23-30(24-27-31)33-17-9-19-39-35-14-6-8-22-43(35)53-50(33)39/h1-28H. The summed E-state index contributed by atoms with van der Waals surface area (Å²) in [6.07, 6.45) is 0. The summed E-state index contributed by atoms with van der Waals surface area (Å²) in [6.45, 7) is 0. The van der Waals surface area contributed by atoms with E-state index in [1.165, 1.54) is 81.4 Å². The van der Waals surface area contributed by atoms with Crippen LogP contribution in [-0.2, 0) is 0 Å². The summed E-state index contributed by atoms with van der Waals surface area (Å²) < 4.78 is 11.5. The molecule has 0 spiro atoms. The van der Waals surface area contributed by atoms with Crippen LogP contribution in [0.25, 0.3) is 120 Å². The lowest BCUT2D eigenvalue weighted by molar-refractivity contribution is 0.670. The highest BCUT2D eigenvalue weighted by Crippen LogP contribution is 2.49. The van der Waals surface area contributed by atoms with Gasteiger partial charge in [0, 0.05) is 59.7 Å². The van der Waals surface area contributed by atoms with E-state index in [2.05, 4.69) is 173 Å². The van der Waals surface area contributed by atoms with Gasteiger partial charge >= 0.3 is 0 Å². The topological polar surface area (TPSA) is 22.5 Å². The highest BCUT2D eigenvalue weighted by Gasteiger charge is 2.26. The Hall–Kier alpha value is -7.10. The lowest BCUT2D eigenvalue weighted by Crippen LogP contribution is -1.95. The largest absolute Gasteiger partial charge is 0.455 e. The first-order chi connectivity index (χ1) is 26.3. The van der Waals surface area contributed by atoms with Crippen LogP contribution >= 0.6 is 0 Å². The Balaban J connectivity index is 1.20. The predicted molar refractivity (Wildman–Crippen MR) is 223 cm³/mol. The average molecular weight is 673 g/mol. The van der Waals surface area contributed by atoms with Crippen LogP contribution in [0, 0.1) is 0 Å². The SMILES string of the molecule is c1ccc2c(c1)ccc1c2c2c3ccccc3c3c(c4cccc5c6ccccc6n3c54)c2n1-c1ccc(-c2cccc3c2oc2ccccc23)cc1. The van der Waals surface area contributed by atoms with Crippen LogP contribution < -0.4 is 0 Å². The number of benzene rings is 9. The second-order valence-electron chi connectivity index (χ2n) is 14.4. The Bertz CT molecular complexity index is 3670. The maximum Gasteiger partial charge on any atom is 0.143 e. The minimum absolute atomic E-state index is 0.915. The number of para-hydroxylation sites is 4. The maximum atomic E-state index is 6.46. The minimum atomic E-state index is 0.915.